The average molecular weight is 449 g/mol. The largest absolute Gasteiger partial charge is 0.493 e. The van der Waals surface area contributed by atoms with Gasteiger partial charge in [-0.25, -0.2) is 4.68 Å². The third kappa shape index (κ3) is 4.46. The Labute approximate surface area is 181 Å². The lowest BCUT2D eigenvalue weighted by Crippen LogP contribution is -2.32. The highest BCUT2D eigenvalue weighted by atomic mass is 19.4. The predicted molar refractivity (Wildman–Crippen MR) is 106 cm³/mol. The molecule has 1 N–H and O–H groups in total. The first kappa shape index (κ1) is 21.8. The van der Waals surface area contributed by atoms with Gasteiger partial charge in [0.15, 0.2) is 17.3 Å². The number of aromatic nitrogens is 4. The molecule has 2 heterocycles. The molecule has 0 radical (unpaired) electrons. The number of hydrogen-bond acceptors (Lipinski definition) is 6. The number of halogens is 3. The van der Waals surface area contributed by atoms with Crippen molar-refractivity contribution in [3.8, 4) is 11.4 Å². The van der Waals surface area contributed by atoms with E-state index in [-0.39, 0.29) is 23.0 Å². The lowest BCUT2D eigenvalue weighted by Gasteiger charge is -2.18. The minimum Gasteiger partial charge on any atom is -0.493 e. The number of carbonyl (C=O) groups excluding carboxylic acids is 1. The first-order chi connectivity index (χ1) is 15.2. The van der Waals surface area contributed by atoms with Crippen molar-refractivity contribution in [1.29, 1.82) is 0 Å². The topological polar surface area (TPSA) is 95.1 Å². The van der Waals surface area contributed by atoms with E-state index in [1.807, 2.05) is 13.8 Å². The van der Waals surface area contributed by atoms with Crippen LogP contribution in [0.3, 0.4) is 0 Å². The van der Waals surface area contributed by atoms with Crippen LogP contribution in [0.1, 0.15) is 66.4 Å². The van der Waals surface area contributed by atoms with Crippen LogP contribution in [-0.4, -0.2) is 32.9 Å². The van der Waals surface area contributed by atoms with Crippen molar-refractivity contribution < 1.29 is 27.2 Å². The highest BCUT2D eigenvalue weighted by Gasteiger charge is 2.33. The molecule has 1 aliphatic rings. The zero-order chi connectivity index (χ0) is 23.0. The van der Waals surface area contributed by atoms with Crippen LogP contribution in [0.25, 0.3) is 5.69 Å². The molecule has 2 aromatic heterocycles. The summed E-state index contributed by atoms with van der Waals surface area (Å²) in [5.74, 6) is 0.712. The van der Waals surface area contributed by atoms with Gasteiger partial charge in [0.2, 0.25) is 5.89 Å². The number of alkyl halides is 3. The summed E-state index contributed by atoms with van der Waals surface area (Å²) in [6, 6.07) is 4.08. The molecule has 11 heteroatoms. The van der Waals surface area contributed by atoms with Gasteiger partial charge in [0.05, 0.1) is 24.6 Å². The minimum atomic E-state index is -4.50. The molecule has 0 bridgehead atoms. The highest BCUT2D eigenvalue weighted by Crippen LogP contribution is 2.39. The quantitative estimate of drug-likeness (QED) is 0.578. The van der Waals surface area contributed by atoms with Gasteiger partial charge in [0, 0.05) is 5.92 Å². The third-order valence-corrected chi connectivity index (χ3v) is 5.17. The maximum absolute atomic E-state index is 13.1. The second-order valence-electron chi connectivity index (χ2n) is 8.00. The Kier molecular flexibility index (Phi) is 5.66. The summed E-state index contributed by atoms with van der Waals surface area (Å²) in [7, 11) is 1.35. The maximum Gasteiger partial charge on any atom is 0.416 e. The van der Waals surface area contributed by atoms with Crippen molar-refractivity contribution in [3.63, 3.8) is 0 Å². The Morgan fingerprint density at radius 2 is 2.06 bits per heavy atom. The fourth-order valence-corrected chi connectivity index (χ4v) is 3.23. The van der Waals surface area contributed by atoms with E-state index in [1.54, 1.807) is 0 Å². The molecule has 1 aliphatic carbocycles. The van der Waals surface area contributed by atoms with Gasteiger partial charge < -0.3 is 14.6 Å². The fourth-order valence-electron chi connectivity index (χ4n) is 3.23. The normalized spacial score (nSPS) is 15.1. The Balaban J connectivity index is 1.59. The van der Waals surface area contributed by atoms with Crippen molar-refractivity contribution in [1.82, 2.24) is 25.2 Å². The minimum absolute atomic E-state index is 0.0667. The number of nitrogens with zero attached hydrogens (tertiary/aromatic N) is 4. The van der Waals surface area contributed by atoms with Crippen LogP contribution < -0.4 is 10.1 Å². The molecule has 1 fully saturated rings. The molecule has 4 rings (SSSR count). The zero-order valence-electron chi connectivity index (χ0n) is 17.7. The smallest absolute Gasteiger partial charge is 0.416 e. The lowest BCUT2D eigenvalue weighted by atomic mass is 10.0. The second-order valence-corrected chi connectivity index (χ2v) is 8.00. The van der Waals surface area contributed by atoms with Crippen molar-refractivity contribution in [2.45, 2.75) is 44.8 Å². The summed E-state index contributed by atoms with van der Waals surface area (Å²) in [4.78, 5) is 17.4. The number of carbonyl (C=O) groups is 1. The van der Waals surface area contributed by atoms with E-state index in [0.717, 1.165) is 25.0 Å². The van der Waals surface area contributed by atoms with E-state index in [9.17, 15) is 18.0 Å². The van der Waals surface area contributed by atoms with Gasteiger partial charge >= 0.3 is 6.18 Å². The molecule has 3 aromatic rings. The Morgan fingerprint density at radius 1 is 1.31 bits per heavy atom. The number of benzene rings is 1. The maximum atomic E-state index is 13.1. The number of amides is 1. The third-order valence-electron chi connectivity index (χ3n) is 5.17. The summed E-state index contributed by atoms with van der Waals surface area (Å²) in [6.45, 7) is 3.79. The number of methoxy groups -OCH3 is 1. The van der Waals surface area contributed by atoms with Gasteiger partial charge in [-0.2, -0.15) is 23.3 Å². The van der Waals surface area contributed by atoms with Gasteiger partial charge in [-0.05, 0) is 37.0 Å². The Morgan fingerprint density at radius 3 is 2.69 bits per heavy atom. The van der Waals surface area contributed by atoms with Crippen LogP contribution in [0.15, 0.2) is 35.0 Å². The van der Waals surface area contributed by atoms with Crippen molar-refractivity contribution in [2.75, 3.05) is 7.11 Å². The van der Waals surface area contributed by atoms with Crippen molar-refractivity contribution >= 4 is 5.91 Å². The second kappa shape index (κ2) is 8.29. The summed E-state index contributed by atoms with van der Waals surface area (Å²) in [5.41, 5.74) is -0.751. The van der Waals surface area contributed by atoms with Gasteiger partial charge in [0.25, 0.3) is 5.91 Å². The standard InChI is InChI=1S/C21H22F3N5O3/c1-11(2)16(20-26-18(28-32-20)12-7-8-12)25-19(30)17-15(31-3)10-29(27-17)14-6-4-5-13(9-14)21(22,23)24/h4-6,9-12,16H,7-8H2,1-3H3,(H,25,30). The van der Waals surface area contributed by atoms with Crippen LogP contribution in [0.4, 0.5) is 13.2 Å². The summed E-state index contributed by atoms with van der Waals surface area (Å²) >= 11 is 0. The molecule has 0 aliphatic heterocycles. The van der Waals surface area contributed by atoms with E-state index >= 15 is 0 Å². The highest BCUT2D eigenvalue weighted by molar-refractivity contribution is 5.95. The molecule has 32 heavy (non-hydrogen) atoms. The van der Waals surface area contributed by atoms with E-state index in [1.165, 1.54) is 30.1 Å². The van der Waals surface area contributed by atoms with Gasteiger partial charge in [-0.3, -0.25) is 4.79 Å². The number of nitrogens with one attached hydrogen (secondary N) is 1. The van der Waals surface area contributed by atoms with E-state index < -0.39 is 23.7 Å². The van der Waals surface area contributed by atoms with E-state index in [0.29, 0.717) is 17.6 Å². The van der Waals surface area contributed by atoms with Crippen LogP contribution in [0.2, 0.25) is 0 Å². The first-order valence-corrected chi connectivity index (χ1v) is 10.1. The Hall–Kier alpha value is -3.37. The molecule has 8 nitrogen and oxygen atoms in total. The molecule has 1 atom stereocenters. The molecule has 0 saturated heterocycles. The van der Waals surface area contributed by atoms with Crippen LogP contribution in [-0.2, 0) is 6.18 Å². The monoisotopic (exact) mass is 449 g/mol. The zero-order valence-corrected chi connectivity index (χ0v) is 17.7. The number of ether oxygens (including phenoxy) is 1. The van der Waals surface area contributed by atoms with Crippen molar-refractivity contribution in [2.24, 2.45) is 5.92 Å². The van der Waals surface area contributed by atoms with Gasteiger partial charge in [-0.1, -0.05) is 25.1 Å². The fraction of sp³-hybridized carbons (Fsp3) is 0.429. The Bertz CT molecular complexity index is 1120. The van der Waals surface area contributed by atoms with Crippen molar-refractivity contribution in [3.05, 3.63) is 53.4 Å². The predicted octanol–water partition coefficient (Wildman–Crippen LogP) is 4.29. The van der Waals surface area contributed by atoms with Crippen LogP contribution in [0.5, 0.6) is 5.75 Å². The summed E-state index contributed by atoms with van der Waals surface area (Å²) < 4.78 is 51.0. The molecule has 1 amide bonds. The van der Waals surface area contributed by atoms with Crippen LogP contribution >= 0.6 is 0 Å². The summed E-state index contributed by atoms with van der Waals surface area (Å²) in [5, 5.41) is 11.0. The molecule has 1 saturated carbocycles. The SMILES string of the molecule is COc1cn(-c2cccc(C(F)(F)F)c2)nc1C(=O)NC(c1nc(C2CC2)no1)C(C)C. The number of hydrogen-bond donors (Lipinski definition) is 1. The van der Waals surface area contributed by atoms with E-state index in [4.69, 9.17) is 9.26 Å². The molecular weight excluding hydrogens is 427 g/mol. The van der Waals surface area contributed by atoms with Gasteiger partial charge in [0.1, 0.15) is 6.04 Å². The van der Waals surface area contributed by atoms with Gasteiger partial charge in [-0.15, -0.1) is 0 Å². The molecule has 1 aromatic carbocycles. The summed E-state index contributed by atoms with van der Waals surface area (Å²) in [6.07, 6.45) is -1.11. The van der Waals surface area contributed by atoms with Crippen LogP contribution in [0, 0.1) is 5.92 Å². The molecular formula is C21H22F3N5O3. The van der Waals surface area contributed by atoms with E-state index in [2.05, 4.69) is 20.6 Å². The molecule has 0 spiro atoms. The lowest BCUT2D eigenvalue weighted by molar-refractivity contribution is -0.137. The molecule has 1 unspecified atom stereocenters. The average Bonchev–Trinajstić information content (AvgIpc) is 3.32. The molecule has 170 valence electrons. The first-order valence-electron chi connectivity index (χ1n) is 10.1. The number of rotatable bonds is 7.